The molecule has 0 fully saturated rings. The van der Waals surface area contributed by atoms with Crippen molar-refractivity contribution in [3.05, 3.63) is 63.6 Å². The molecule has 2 rings (SSSR count). The van der Waals surface area contributed by atoms with Crippen LogP contribution < -0.4 is 10.6 Å². The summed E-state index contributed by atoms with van der Waals surface area (Å²) in [5, 5.41) is 6.42. The summed E-state index contributed by atoms with van der Waals surface area (Å²) in [4.78, 5) is 12.2. The summed E-state index contributed by atoms with van der Waals surface area (Å²) in [5.74, 6) is -1.65. The Labute approximate surface area is 149 Å². The third-order valence-corrected chi connectivity index (χ3v) is 4.06. The summed E-state index contributed by atoms with van der Waals surface area (Å²) in [6.45, 7) is 3.33. The Bertz CT molecular complexity index is 755. The van der Waals surface area contributed by atoms with Crippen LogP contribution in [-0.2, 0) is 4.79 Å². The smallest absolute Gasteiger partial charge is 0.241 e. The summed E-state index contributed by atoms with van der Waals surface area (Å²) in [6, 6.07) is 6.95. The highest BCUT2D eigenvalue weighted by atomic mass is 35.5. The van der Waals surface area contributed by atoms with Gasteiger partial charge in [0.2, 0.25) is 5.91 Å². The van der Waals surface area contributed by atoms with Gasteiger partial charge >= 0.3 is 0 Å². The molecule has 2 aromatic carbocycles. The maximum absolute atomic E-state index is 13.8. The molecule has 0 bridgehead atoms. The Morgan fingerprint density at radius 2 is 1.79 bits per heavy atom. The second-order valence-corrected chi connectivity index (χ2v) is 6.23. The lowest BCUT2D eigenvalue weighted by Gasteiger charge is -2.20. The van der Waals surface area contributed by atoms with E-state index in [0.717, 1.165) is 6.07 Å². The number of amides is 1. The molecule has 1 amide bonds. The number of benzene rings is 2. The minimum atomic E-state index is -0.664. The fraction of sp³-hybridized carbons (Fsp3) is 0.235. The Morgan fingerprint density at radius 3 is 2.42 bits per heavy atom. The van der Waals surface area contributed by atoms with E-state index in [2.05, 4.69) is 10.6 Å². The molecule has 0 aliphatic rings. The standard InChI is InChI=1S/C17H16Cl2F2N2O/c1-9(13-5-4-12(20)8-15(13)21)22-10(2)17(24)23-16-6-3-11(18)7-14(16)19/h3-10,22H,1-2H3,(H,23,24)/t9-,10-/m1/s1. The first-order valence-electron chi connectivity index (χ1n) is 7.25. The number of halogens is 4. The number of anilines is 1. The third kappa shape index (κ3) is 4.66. The summed E-state index contributed by atoms with van der Waals surface area (Å²) in [6.07, 6.45) is 0. The molecule has 0 heterocycles. The number of carbonyl (C=O) groups excluding carboxylic acids is 1. The van der Waals surface area contributed by atoms with Crippen molar-refractivity contribution in [3.63, 3.8) is 0 Å². The van der Waals surface area contributed by atoms with Crippen LogP contribution in [0.2, 0.25) is 10.0 Å². The first-order chi connectivity index (χ1) is 11.3. The van der Waals surface area contributed by atoms with Gasteiger partial charge in [-0.2, -0.15) is 0 Å². The maximum atomic E-state index is 13.8. The van der Waals surface area contributed by atoms with Crippen LogP contribution in [0.5, 0.6) is 0 Å². The number of hydrogen-bond donors (Lipinski definition) is 2. The predicted octanol–water partition coefficient (Wildman–Crippen LogP) is 4.95. The molecule has 0 radical (unpaired) electrons. The van der Waals surface area contributed by atoms with Gasteiger partial charge in [-0.05, 0) is 38.1 Å². The largest absolute Gasteiger partial charge is 0.323 e. The van der Waals surface area contributed by atoms with E-state index >= 15 is 0 Å². The van der Waals surface area contributed by atoms with Crippen LogP contribution in [0.25, 0.3) is 0 Å². The molecular weight excluding hydrogens is 357 g/mol. The third-order valence-electron chi connectivity index (χ3n) is 3.51. The Morgan fingerprint density at radius 1 is 1.08 bits per heavy atom. The van der Waals surface area contributed by atoms with Gasteiger partial charge in [-0.1, -0.05) is 29.3 Å². The number of nitrogens with one attached hydrogen (secondary N) is 2. The van der Waals surface area contributed by atoms with Crippen LogP contribution in [0.1, 0.15) is 25.5 Å². The molecule has 0 spiro atoms. The Kier molecular flexibility index (Phi) is 6.15. The van der Waals surface area contributed by atoms with Gasteiger partial charge in [-0.3, -0.25) is 10.1 Å². The molecular formula is C17H16Cl2F2N2O. The highest BCUT2D eigenvalue weighted by molar-refractivity contribution is 6.36. The number of carbonyl (C=O) groups is 1. The van der Waals surface area contributed by atoms with Crippen LogP contribution >= 0.6 is 23.2 Å². The van der Waals surface area contributed by atoms with Gasteiger partial charge in [-0.25, -0.2) is 8.78 Å². The fourth-order valence-electron chi connectivity index (χ4n) is 2.22. The first kappa shape index (κ1) is 18.6. The molecule has 7 heteroatoms. The van der Waals surface area contributed by atoms with Crippen molar-refractivity contribution < 1.29 is 13.6 Å². The molecule has 2 aromatic rings. The number of hydrogen-bond acceptors (Lipinski definition) is 2. The van der Waals surface area contributed by atoms with Crippen LogP contribution in [-0.4, -0.2) is 11.9 Å². The van der Waals surface area contributed by atoms with E-state index < -0.39 is 23.7 Å². The molecule has 0 aliphatic heterocycles. The van der Waals surface area contributed by atoms with Crippen molar-refractivity contribution in [2.24, 2.45) is 0 Å². The average molecular weight is 373 g/mol. The Balaban J connectivity index is 2.02. The quantitative estimate of drug-likeness (QED) is 0.779. The summed E-state index contributed by atoms with van der Waals surface area (Å²) < 4.78 is 26.7. The molecule has 0 aliphatic carbocycles. The van der Waals surface area contributed by atoms with Gasteiger partial charge < -0.3 is 5.32 Å². The zero-order valence-electron chi connectivity index (χ0n) is 13.0. The SMILES string of the molecule is C[C@@H](N[C@H](C)c1ccc(F)cc1F)C(=O)Nc1ccc(Cl)cc1Cl. The summed E-state index contributed by atoms with van der Waals surface area (Å²) in [5.41, 5.74) is 0.709. The van der Waals surface area contributed by atoms with E-state index in [0.29, 0.717) is 15.7 Å². The minimum Gasteiger partial charge on any atom is -0.323 e. The van der Waals surface area contributed by atoms with Crippen LogP contribution in [0, 0.1) is 11.6 Å². The average Bonchev–Trinajstić information content (AvgIpc) is 2.49. The van der Waals surface area contributed by atoms with E-state index in [1.807, 2.05) is 0 Å². The second-order valence-electron chi connectivity index (χ2n) is 5.39. The van der Waals surface area contributed by atoms with E-state index in [4.69, 9.17) is 23.2 Å². The van der Waals surface area contributed by atoms with E-state index in [9.17, 15) is 13.6 Å². The van der Waals surface area contributed by atoms with Crippen molar-refractivity contribution in [1.29, 1.82) is 0 Å². The molecule has 2 atom stereocenters. The van der Waals surface area contributed by atoms with Crippen molar-refractivity contribution >= 4 is 34.8 Å². The lowest BCUT2D eigenvalue weighted by atomic mass is 10.1. The topological polar surface area (TPSA) is 41.1 Å². The van der Waals surface area contributed by atoms with Gasteiger partial charge in [0.25, 0.3) is 0 Å². The van der Waals surface area contributed by atoms with Crippen molar-refractivity contribution in [3.8, 4) is 0 Å². The predicted molar refractivity (Wildman–Crippen MR) is 92.5 cm³/mol. The van der Waals surface area contributed by atoms with Gasteiger partial charge in [0.05, 0.1) is 16.8 Å². The first-order valence-corrected chi connectivity index (χ1v) is 8.00. The van der Waals surface area contributed by atoms with Gasteiger partial charge in [0, 0.05) is 22.7 Å². The van der Waals surface area contributed by atoms with Crippen molar-refractivity contribution in [2.45, 2.75) is 25.9 Å². The molecule has 128 valence electrons. The molecule has 24 heavy (non-hydrogen) atoms. The number of rotatable bonds is 5. The van der Waals surface area contributed by atoms with Crippen molar-refractivity contribution in [1.82, 2.24) is 5.32 Å². The summed E-state index contributed by atoms with van der Waals surface area (Å²) in [7, 11) is 0. The van der Waals surface area contributed by atoms with Gasteiger partial charge in [0.15, 0.2) is 0 Å². The molecule has 3 nitrogen and oxygen atoms in total. The normalized spacial score (nSPS) is 13.4. The second kappa shape index (κ2) is 7.92. The van der Waals surface area contributed by atoms with Crippen LogP contribution in [0.15, 0.2) is 36.4 Å². The minimum absolute atomic E-state index is 0.278. The maximum Gasteiger partial charge on any atom is 0.241 e. The Hall–Kier alpha value is -1.69. The molecule has 0 unspecified atom stereocenters. The van der Waals surface area contributed by atoms with E-state index in [-0.39, 0.29) is 11.5 Å². The monoisotopic (exact) mass is 372 g/mol. The van der Waals surface area contributed by atoms with Crippen LogP contribution in [0.3, 0.4) is 0 Å². The fourth-order valence-corrected chi connectivity index (χ4v) is 2.68. The molecule has 0 saturated heterocycles. The lowest BCUT2D eigenvalue weighted by molar-refractivity contribution is -0.117. The molecule has 2 N–H and O–H groups in total. The zero-order valence-corrected chi connectivity index (χ0v) is 14.6. The van der Waals surface area contributed by atoms with Gasteiger partial charge in [0.1, 0.15) is 11.6 Å². The van der Waals surface area contributed by atoms with Gasteiger partial charge in [-0.15, -0.1) is 0 Å². The summed E-state index contributed by atoms with van der Waals surface area (Å²) >= 11 is 11.8. The zero-order chi connectivity index (χ0) is 17.9. The highest BCUT2D eigenvalue weighted by Crippen LogP contribution is 2.25. The lowest BCUT2D eigenvalue weighted by Crippen LogP contribution is -2.39. The van der Waals surface area contributed by atoms with E-state index in [1.54, 1.807) is 26.0 Å². The molecule has 0 aromatic heterocycles. The highest BCUT2D eigenvalue weighted by Gasteiger charge is 2.19. The molecule has 0 saturated carbocycles. The van der Waals surface area contributed by atoms with E-state index in [1.165, 1.54) is 18.2 Å². The van der Waals surface area contributed by atoms with Crippen LogP contribution in [0.4, 0.5) is 14.5 Å². The van der Waals surface area contributed by atoms with Crippen molar-refractivity contribution in [2.75, 3.05) is 5.32 Å².